The van der Waals surface area contributed by atoms with E-state index in [9.17, 15) is 13.6 Å². The van der Waals surface area contributed by atoms with Crippen LogP contribution in [0.1, 0.15) is 12.5 Å². The van der Waals surface area contributed by atoms with Crippen LogP contribution in [0.4, 0.5) is 14.5 Å². The van der Waals surface area contributed by atoms with Crippen LogP contribution < -0.4 is 5.32 Å². The lowest BCUT2D eigenvalue weighted by Gasteiger charge is -2.24. The summed E-state index contributed by atoms with van der Waals surface area (Å²) >= 11 is 5.90. The van der Waals surface area contributed by atoms with Crippen molar-refractivity contribution >= 4 is 23.2 Å². The third kappa shape index (κ3) is 4.74. The lowest BCUT2D eigenvalue weighted by atomic mass is 10.2. The average molecular weight is 339 g/mol. The van der Waals surface area contributed by atoms with E-state index in [1.54, 1.807) is 31.0 Å². The van der Waals surface area contributed by atoms with Crippen molar-refractivity contribution in [3.8, 4) is 0 Å². The highest BCUT2D eigenvalue weighted by atomic mass is 35.5. The van der Waals surface area contributed by atoms with E-state index >= 15 is 0 Å². The van der Waals surface area contributed by atoms with Gasteiger partial charge in [0, 0.05) is 6.54 Å². The van der Waals surface area contributed by atoms with Gasteiger partial charge in [-0.2, -0.15) is 0 Å². The second-order valence-electron chi connectivity index (χ2n) is 5.33. The summed E-state index contributed by atoms with van der Waals surface area (Å²) in [6.45, 7) is 2.15. The highest BCUT2D eigenvalue weighted by Gasteiger charge is 2.19. The summed E-state index contributed by atoms with van der Waals surface area (Å²) in [5.74, 6) is -1.06. The Morgan fingerprint density at radius 1 is 1.22 bits per heavy atom. The molecule has 0 aromatic heterocycles. The van der Waals surface area contributed by atoms with Crippen LogP contribution in [0.5, 0.6) is 0 Å². The summed E-state index contributed by atoms with van der Waals surface area (Å²) in [7, 11) is 1.77. The number of carbonyl (C=O) groups is 1. The molecule has 0 fully saturated rings. The molecular formula is C17H17ClF2N2O. The van der Waals surface area contributed by atoms with Crippen molar-refractivity contribution in [2.45, 2.75) is 19.5 Å². The Morgan fingerprint density at radius 3 is 2.57 bits per heavy atom. The van der Waals surface area contributed by atoms with Crippen molar-refractivity contribution in [3.63, 3.8) is 0 Å². The highest BCUT2D eigenvalue weighted by Crippen LogP contribution is 2.22. The van der Waals surface area contributed by atoms with Gasteiger partial charge in [0.2, 0.25) is 5.91 Å². The topological polar surface area (TPSA) is 32.3 Å². The van der Waals surface area contributed by atoms with Gasteiger partial charge < -0.3 is 5.32 Å². The maximum atomic E-state index is 13.2. The summed E-state index contributed by atoms with van der Waals surface area (Å²) in [5, 5.41) is 2.80. The van der Waals surface area contributed by atoms with Crippen molar-refractivity contribution < 1.29 is 13.6 Å². The molecule has 0 aliphatic carbocycles. The van der Waals surface area contributed by atoms with Gasteiger partial charge in [-0.15, -0.1) is 0 Å². The first-order valence-electron chi connectivity index (χ1n) is 7.07. The standard InChI is InChI=1S/C17H17ClF2N2O/c1-11(22(2)10-12-4-3-5-13(19)8-12)17(23)21-16-7-6-14(20)9-15(16)18/h3-9,11H,10H2,1-2H3,(H,21,23)/t11-/m1/s1. The molecule has 2 aromatic carbocycles. The van der Waals surface area contributed by atoms with E-state index in [0.717, 1.165) is 11.6 Å². The molecule has 1 amide bonds. The number of likely N-dealkylation sites (N-methyl/N-ethyl adjacent to an activating group) is 1. The predicted molar refractivity (Wildman–Crippen MR) is 87.4 cm³/mol. The van der Waals surface area contributed by atoms with Gasteiger partial charge >= 0.3 is 0 Å². The van der Waals surface area contributed by atoms with Crippen LogP contribution in [0.3, 0.4) is 0 Å². The van der Waals surface area contributed by atoms with E-state index < -0.39 is 11.9 Å². The summed E-state index contributed by atoms with van der Waals surface area (Å²) in [6.07, 6.45) is 0. The number of hydrogen-bond donors (Lipinski definition) is 1. The molecule has 0 saturated carbocycles. The second-order valence-corrected chi connectivity index (χ2v) is 5.74. The quantitative estimate of drug-likeness (QED) is 0.891. The molecule has 0 radical (unpaired) electrons. The summed E-state index contributed by atoms with van der Waals surface area (Å²) in [6, 6.07) is 9.52. The number of amides is 1. The van der Waals surface area contributed by atoms with Crippen LogP contribution in [0, 0.1) is 11.6 Å². The van der Waals surface area contributed by atoms with Crippen LogP contribution >= 0.6 is 11.6 Å². The number of carbonyl (C=O) groups excluding carboxylic acids is 1. The molecule has 0 aliphatic rings. The lowest BCUT2D eigenvalue weighted by Crippen LogP contribution is -2.39. The van der Waals surface area contributed by atoms with Crippen molar-refractivity contribution in [3.05, 3.63) is 64.7 Å². The monoisotopic (exact) mass is 338 g/mol. The number of hydrogen-bond acceptors (Lipinski definition) is 2. The van der Waals surface area contributed by atoms with Crippen LogP contribution in [-0.2, 0) is 11.3 Å². The third-order valence-corrected chi connectivity index (χ3v) is 3.86. The Bertz CT molecular complexity index is 709. The largest absolute Gasteiger partial charge is 0.323 e. The Labute approximate surface area is 138 Å². The molecule has 0 unspecified atom stereocenters. The van der Waals surface area contributed by atoms with E-state index in [4.69, 9.17) is 11.6 Å². The Hall–Kier alpha value is -1.98. The minimum absolute atomic E-state index is 0.137. The lowest BCUT2D eigenvalue weighted by molar-refractivity contribution is -0.120. The molecule has 1 atom stereocenters. The Balaban J connectivity index is 2.01. The SMILES string of the molecule is C[C@H](C(=O)Nc1ccc(F)cc1Cl)N(C)Cc1cccc(F)c1. The zero-order chi connectivity index (χ0) is 17.0. The molecule has 0 bridgehead atoms. The van der Waals surface area contributed by atoms with Crippen molar-refractivity contribution in [2.75, 3.05) is 12.4 Å². The first-order chi connectivity index (χ1) is 10.9. The minimum Gasteiger partial charge on any atom is -0.323 e. The predicted octanol–water partition coefficient (Wildman–Crippen LogP) is 4.08. The van der Waals surface area contributed by atoms with Gasteiger partial charge in [0.15, 0.2) is 0 Å². The van der Waals surface area contributed by atoms with Crippen LogP contribution in [-0.4, -0.2) is 23.9 Å². The number of rotatable bonds is 5. The maximum Gasteiger partial charge on any atom is 0.241 e. The van der Waals surface area contributed by atoms with Crippen LogP contribution in [0.25, 0.3) is 0 Å². The number of nitrogens with one attached hydrogen (secondary N) is 1. The Morgan fingerprint density at radius 2 is 1.91 bits per heavy atom. The van der Waals surface area contributed by atoms with Crippen molar-refractivity contribution in [2.24, 2.45) is 0 Å². The highest BCUT2D eigenvalue weighted by molar-refractivity contribution is 6.33. The normalized spacial score (nSPS) is 12.3. The van der Waals surface area contributed by atoms with Gasteiger partial charge in [0.25, 0.3) is 0 Å². The van der Waals surface area contributed by atoms with Gasteiger partial charge in [-0.25, -0.2) is 8.78 Å². The van der Waals surface area contributed by atoms with Crippen molar-refractivity contribution in [1.82, 2.24) is 4.90 Å². The molecule has 0 spiro atoms. The molecule has 3 nitrogen and oxygen atoms in total. The molecule has 23 heavy (non-hydrogen) atoms. The van der Waals surface area contributed by atoms with Gasteiger partial charge in [-0.05, 0) is 49.9 Å². The summed E-state index contributed by atoms with van der Waals surface area (Å²) in [4.78, 5) is 14.0. The maximum absolute atomic E-state index is 13.2. The van der Waals surface area contributed by atoms with E-state index in [-0.39, 0.29) is 16.7 Å². The third-order valence-electron chi connectivity index (χ3n) is 3.55. The summed E-state index contributed by atoms with van der Waals surface area (Å²) in [5.41, 5.74) is 1.12. The van der Waals surface area contributed by atoms with Gasteiger partial charge in [-0.1, -0.05) is 23.7 Å². The van der Waals surface area contributed by atoms with Gasteiger partial charge in [0.1, 0.15) is 11.6 Å². The molecule has 122 valence electrons. The van der Waals surface area contributed by atoms with E-state index in [1.807, 2.05) is 0 Å². The summed E-state index contributed by atoms with van der Waals surface area (Å²) < 4.78 is 26.2. The molecule has 2 rings (SSSR count). The molecule has 0 aliphatic heterocycles. The number of halogens is 3. The van der Waals surface area contributed by atoms with Crippen LogP contribution in [0.2, 0.25) is 5.02 Å². The molecule has 0 heterocycles. The molecule has 0 saturated heterocycles. The van der Waals surface area contributed by atoms with Crippen molar-refractivity contribution in [1.29, 1.82) is 0 Å². The van der Waals surface area contributed by atoms with E-state index in [0.29, 0.717) is 12.2 Å². The molecule has 1 N–H and O–H groups in total. The van der Waals surface area contributed by atoms with Gasteiger partial charge in [0.05, 0.1) is 16.8 Å². The zero-order valence-corrected chi connectivity index (χ0v) is 13.6. The smallest absolute Gasteiger partial charge is 0.241 e. The zero-order valence-electron chi connectivity index (χ0n) is 12.8. The van der Waals surface area contributed by atoms with E-state index in [1.165, 1.54) is 24.3 Å². The molecule has 2 aromatic rings. The number of anilines is 1. The first kappa shape index (κ1) is 17.4. The minimum atomic E-state index is -0.473. The van der Waals surface area contributed by atoms with Gasteiger partial charge in [-0.3, -0.25) is 9.69 Å². The fraction of sp³-hybridized carbons (Fsp3) is 0.235. The first-order valence-corrected chi connectivity index (χ1v) is 7.45. The molecular weight excluding hydrogens is 322 g/mol. The average Bonchev–Trinajstić information content (AvgIpc) is 2.49. The molecule has 6 heteroatoms. The van der Waals surface area contributed by atoms with E-state index in [2.05, 4.69) is 5.32 Å². The number of benzene rings is 2. The fourth-order valence-electron chi connectivity index (χ4n) is 2.09. The number of nitrogens with zero attached hydrogens (tertiary/aromatic N) is 1. The fourth-order valence-corrected chi connectivity index (χ4v) is 2.30. The van der Waals surface area contributed by atoms with Crippen LogP contribution in [0.15, 0.2) is 42.5 Å². The Kier molecular flexibility index (Phi) is 5.69. The second kappa shape index (κ2) is 7.53.